The third-order valence-electron chi connectivity index (χ3n) is 6.76. The third kappa shape index (κ3) is 4.55. The molecule has 1 amide bonds. The third-order valence-corrected chi connectivity index (χ3v) is 6.76. The Bertz CT molecular complexity index is 1400. The van der Waals surface area contributed by atoms with Gasteiger partial charge in [0.2, 0.25) is 5.91 Å². The van der Waals surface area contributed by atoms with E-state index >= 15 is 0 Å². The summed E-state index contributed by atoms with van der Waals surface area (Å²) in [6.45, 7) is 2.06. The molecule has 1 aliphatic heterocycles. The van der Waals surface area contributed by atoms with E-state index in [-0.39, 0.29) is 5.91 Å². The van der Waals surface area contributed by atoms with Crippen molar-refractivity contribution in [2.75, 3.05) is 33.7 Å². The molecule has 0 bridgehead atoms. The van der Waals surface area contributed by atoms with Crippen LogP contribution in [0.5, 0.6) is 0 Å². The van der Waals surface area contributed by atoms with E-state index in [0.717, 1.165) is 53.7 Å². The predicted molar refractivity (Wildman–Crippen MR) is 135 cm³/mol. The number of benzene rings is 1. The molecule has 0 aliphatic carbocycles. The first-order chi connectivity index (χ1) is 16.9. The Morgan fingerprint density at radius 3 is 2.43 bits per heavy atom. The zero-order valence-electron chi connectivity index (χ0n) is 20.3. The molecule has 8 nitrogen and oxygen atoms in total. The van der Waals surface area contributed by atoms with Crippen molar-refractivity contribution >= 4 is 11.4 Å². The molecule has 8 heteroatoms. The van der Waals surface area contributed by atoms with Crippen molar-refractivity contribution < 1.29 is 4.79 Å². The minimum Gasteiger partial charge on any atom is -0.342 e. The van der Waals surface area contributed by atoms with Crippen molar-refractivity contribution in [2.45, 2.75) is 18.8 Å². The largest absolute Gasteiger partial charge is 0.342 e. The van der Waals surface area contributed by atoms with Crippen LogP contribution >= 0.6 is 0 Å². The van der Waals surface area contributed by atoms with Gasteiger partial charge >= 0.3 is 0 Å². The average Bonchev–Trinajstić information content (AvgIpc) is 3.49. The SMILES string of the molecule is CN(C)CC(=O)N1CCC(c2ccc(-c3cc(-c4cnn(C)c4)cn4ncc(C#N)c34)cc2)CC1. The van der Waals surface area contributed by atoms with Crippen molar-refractivity contribution in [3.63, 3.8) is 0 Å². The van der Waals surface area contributed by atoms with Gasteiger partial charge in [-0.25, -0.2) is 4.52 Å². The van der Waals surface area contributed by atoms with E-state index in [9.17, 15) is 10.1 Å². The zero-order chi connectivity index (χ0) is 24.5. The van der Waals surface area contributed by atoms with Crippen LogP contribution in [0, 0.1) is 11.3 Å². The maximum Gasteiger partial charge on any atom is 0.236 e. The molecule has 4 heterocycles. The number of nitrogens with zero attached hydrogens (tertiary/aromatic N) is 7. The summed E-state index contributed by atoms with van der Waals surface area (Å²) in [7, 11) is 5.75. The molecule has 1 aliphatic rings. The predicted octanol–water partition coefficient (Wildman–Crippen LogP) is 3.54. The summed E-state index contributed by atoms with van der Waals surface area (Å²) in [4.78, 5) is 16.3. The van der Waals surface area contributed by atoms with Gasteiger partial charge in [-0.2, -0.15) is 15.5 Å². The second kappa shape index (κ2) is 9.35. The molecule has 0 N–H and O–H groups in total. The van der Waals surface area contributed by atoms with Gasteiger partial charge in [-0.05, 0) is 50.0 Å². The first-order valence-electron chi connectivity index (χ1n) is 11.9. The molecule has 1 saturated heterocycles. The molecule has 1 fully saturated rings. The Balaban J connectivity index is 1.42. The van der Waals surface area contributed by atoms with E-state index in [4.69, 9.17) is 0 Å². The molecule has 178 valence electrons. The fourth-order valence-electron chi connectivity index (χ4n) is 4.92. The molecule has 0 spiro atoms. The number of hydrogen-bond donors (Lipinski definition) is 0. The number of aromatic nitrogens is 4. The summed E-state index contributed by atoms with van der Waals surface area (Å²) in [5.74, 6) is 0.647. The lowest BCUT2D eigenvalue weighted by atomic mass is 9.88. The lowest BCUT2D eigenvalue weighted by molar-refractivity contribution is -0.132. The molecular weight excluding hydrogens is 438 g/mol. The quantitative estimate of drug-likeness (QED) is 0.448. The fourth-order valence-corrected chi connectivity index (χ4v) is 4.92. The Hall–Kier alpha value is -3.96. The topological polar surface area (TPSA) is 82.5 Å². The Kier molecular flexibility index (Phi) is 6.10. The van der Waals surface area contributed by atoms with Crippen LogP contribution in [0.25, 0.3) is 27.8 Å². The average molecular weight is 468 g/mol. The number of hydrogen-bond acceptors (Lipinski definition) is 5. The van der Waals surface area contributed by atoms with E-state index in [0.29, 0.717) is 18.0 Å². The van der Waals surface area contributed by atoms with Crippen molar-refractivity contribution in [3.8, 4) is 28.3 Å². The van der Waals surface area contributed by atoms with Gasteiger partial charge in [-0.1, -0.05) is 24.3 Å². The molecule has 5 rings (SSSR count). The summed E-state index contributed by atoms with van der Waals surface area (Å²) in [6.07, 6.45) is 9.31. The van der Waals surface area contributed by atoms with Crippen molar-refractivity contribution in [2.24, 2.45) is 7.05 Å². The fraction of sp³-hybridized carbons (Fsp3) is 0.333. The van der Waals surface area contributed by atoms with E-state index in [1.807, 2.05) is 49.5 Å². The van der Waals surface area contributed by atoms with Gasteiger partial charge in [-0.15, -0.1) is 0 Å². The normalized spacial score (nSPS) is 14.5. The number of aryl methyl sites for hydroxylation is 1. The number of likely N-dealkylation sites (N-methyl/N-ethyl adjacent to an activating group) is 1. The van der Waals surface area contributed by atoms with Gasteiger partial charge in [0.05, 0.1) is 30.0 Å². The minimum absolute atomic E-state index is 0.204. The lowest BCUT2D eigenvalue weighted by Gasteiger charge is -2.33. The second-order valence-electron chi connectivity index (χ2n) is 9.52. The number of carbonyl (C=O) groups excluding carboxylic acids is 1. The van der Waals surface area contributed by atoms with Crippen LogP contribution in [-0.4, -0.2) is 68.8 Å². The summed E-state index contributed by atoms with van der Waals surface area (Å²) in [6, 6.07) is 13.0. The molecule has 1 aromatic carbocycles. The van der Waals surface area contributed by atoms with Crippen LogP contribution < -0.4 is 0 Å². The van der Waals surface area contributed by atoms with Gasteiger partial charge in [0, 0.05) is 49.2 Å². The van der Waals surface area contributed by atoms with E-state index in [2.05, 4.69) is 46.6 Å². The van der Waals surface area contributed by atoms with E-state index in [1.54, 1.807) is 15.4 Å². The van der Waals surface area contributed by atoms with Crippen molar-refractivity contribution in [1.82, 2.24) is 29.2 Å². The van der Waals surface area contributed by atoms with Crippen LogP contribution in [0.3, 0.4) is 0 Å². The standard InChI is InChI=1S/C27H29N7O/c1-31(2)18-26(35)33-10-8-20(9-11-33)19-4-6-21(7-5-19)25-12-22(24-15-29-32(3)16-24)17-34-27(25)23(13-28)14-30-34/h4-7,12,14-17,20H,8-11,18H2,1-3H3. The summed E-state index contributed by atoms with van der Waals surface area (Å²) < 4.78 is 3.56. The van der Waals surface area contributed by atoms with Crippen molar-refractivity contribution in [1.29, 1.82) is 5.26 Å². The molecule has 35 heavy (non-hydrogen) atoms. The Morgan fingerprint density at radius 1 is 1.06 bits per heavy atom. The van der Waals surface area contributed by atoms with Crippen molar-refractivity contribution in [3.05, 3.63) is 66.2 Å². The molecule has 0 saturated carbocycles. The van der Waals surface area contributed by atoms with Gasteiger partial charge in [0.1, 0.15) is 6.07 Å². The maximum absolute atomic E-state index is 12.4. The highest BCUT2D eigenvalue weighted by molar-refractivity contribution is 5.87. The Morgan fingerprint density at radius 2 is 1.80 bits per heavy atom. The molecule has 0 unspecified atom stereocenters. The first kappa shape index (κ1) is 22.8. The highest BCUT2D eigenvalue weighted by atomic mass is 16.2. The number of rotatable bonds is 5. The monoisotopic (exact) mass is 467 g/mol. The number of nitriles is 1. The van der Waals surface area contributed by atoms with Crippen LogP contribution in [0.1, 0.15) is 29.9 Å². The lowest BCUT2D eigenvalue weighted by Crippen LogP contribution is -2.42. The number of likely N-dealkylation sites (tertiary alicyclic amines) is 1. The van der Waals surface area contributed by atoms with Crippen LogP contribution in [-0.2, 0) is 11.8 Å². The van der Waals surface area contributed by atoms with Crippen LogP contribution in [0.4, 0.5) is 0 Å². The highest BCUT2D eigenvalue weighted by Gasteiger charge is 2.24. The minimum atomic E-state index is 0.204. The molecular formula is C27H29N7O. The van der Waals surface area contributed by atoms with Gasteiger partial charge in [-0.3, -0.25) is 9.48 Å². The van der Waals surface area contributed by atoms with Gasteiger partial charge in [0.25, 0.3) is 0 Å². The highest BCUT2D eigenvalue weighted by Crippen LogP contribution is 2.34. The smallest absolute Gasteiger partial charge is 0.236 e. The summed E-state index contributed by atoms with van der Waals surface area (Å²) in [5.41, 5.74) is 6.65. The molecule has 0 atom stereocenters. The number of fused-ring (bicyclic) bond motifs is 1. The Labute approximate surface area is 205 Å². The molecule has 3 aromatic heterocycles. The maximum atomic E-state index is 12.4. The summed E-state index contributed by atoms with van der Waals surface area (Å²) >= 11 is 0. The zero-order valence-corrected chi connectivity index (χ0v) is 20.3. The second-order valence-corrected chi connectivity index (χ2v) is 9.52. The van der Waals surface area contributed by atoms with Crippen LogP contribution in [0.15, 0.2) is 55.1 Å². The number of amides is 1. The molecule has 4 aromatic rings. The van der Waals surface area contributed by atoms with Gasteiger partial charge in [0.15, 0.2) is 0 Å². The van der Waals surface area contributed by atoms with E-state index in [1.165, 1.54) is 5.56 Å². The summed E-state index contributed by atoms with van der Waals surface area (Å²) in [5, 5.41) is 18.4. The number of carbonyl (C=O) groups is 1. The van der Waals surface area contributed by atoms with Gasteiger partial charge < -0.3 is 9.80 Å². The van der Waals surface area contributed by atoms with E-state index < -0.39 is 0 Å². The van der Waals surface area contributed by atoms with Crippen LogP contribution in [0.2, 0.25) is 0 Å². The first-order valence-corrected chi connectivity index (χ1v) is 11.9. The number of pyridine rings is 1. The molecule has 0 radical (unpaired) electrons. The number of piperidine rings is 1.